The highest BCUT2D eigenvalue weighted by molar-refractivity contribution is 5.45. The number of aliphatic hydroxyl groups is 2. The molecule has 0 aromatic heterocycles. The monoisotopic (exact) mass is 450 g/mol. The van der Waals surface area contributed by atoms with Gasteiger partial charge in [-0.1, -0.05) is 56.3 Å². The predicted molar refractivity (Wildman–Crippen MR) is 125 cm³/mol. The fourth-order valence-corrected chi connectivity index (χ4v) is 4.00. The van der Waals surface area contributed by atoms with Gasteiger partial charge in [0.25, 0.3) is 0 Å². The first-order valence-corrected chi connectivity index (χ1v) is 11.1. The lowest BCUT2D eigenvalue weighted by atomic mass is 9.81. The zero-order chi connectivity index (χ0) is 23.4. The van der Waals surface area contributed by atoms with Crippen LogP contribution in [0.25, 0.3) is 0 Å². The number of aliphatic hydroxyl groups excluding tert-OH is 2. The largest absolute Gasteiger partial charge is 0.493 e. The van der Waals surface area contributed by atoms with Crippen LogP contribution in [0.15, 0.2) is 66.7 Å². The summed E-state index contributed by atoms with van der Waals surface area (Å²) in [5, 5.41) is 22.0. The summed E-state index contributed by atoms with van der Waals surface area (Å²) >= 11 is 0. The van der Waals surface area contributed by atoms with Crippen LogP contribution >= 0.6 is 0 Å². The highest BCUT2D eigenvalue weighted by Crippen LogP contribution is 2.40. The summed E-state index contributed by atoms with van der Waals surface area (Å²) in [6, 6.07) is 20.8. The van der Waals surface area contributed by atoms with Crippen molar-refractivity contribution in [3.63, 3.8) is 0 Å². The van der Waals surface area contributed by atoms with E-state index in [0.29, 0.717) is 35.2 Å². The van der Waals surface area contributed by atoms with Crippen molar-refractivity contribution in [3.8, 4) is 23.0 Å². The summed E-state index contributed by atoms with van der Waals surface area (Å²) in [5.41, 5.74) is 2.49. The van der Waals surface area contributed by atoms with E-state index in [2.05, 4.69) is 0 Å². The van der Waals surface area contributed by atoms with E-state index in [-0.39, 0.29) is 18.6 Å². The molecular formula is C27H30O6. The predicted octanol–water partition coefficient (Wildman–Crippen LogP) is 5.04. The molecule has 0 spiro atoms. The Hall–Kier alpha value is -3.22. The molecule has 4 rings (SSSR count). The van der Waals surface area contributed by atoms with Gasteiger partial charge in [-0.2, -0.15) is 0 Å². The van der Waals surface area contributed by atoms with Crippen molar-refractivity contribution in [2.24, 2.45) is 11.8 Å². The first kappa shape index (κ1) is 23.0. The molecule has 6 heteroatoms. The Morgan fingerprint density at radius 3 is 2.12 bits per heavy atom. The smallest absolute Gasteiger partial charge is 0.231 e. The normalized spacial score (nSPS) is 16.0. The zero-order valence-corrected chi connectivity index (χ0v) is 19.1. The van der Waals surface area contributed by atoms with E-state index in [1.165, 1.54) is 0 Å². The first-order valence-electron chi connectivity index (χ1n) is 11.1. The van der Waals surface area contributed by atoms with E-state index in [0.717, 1.165) is 11.1 Å². The van der Waals surface area contributed by atoms with E-state index < -0.39 is 12.2 Å². The Labute approximate surface area is 194 Å². The standard InChI is InChI=1S/C27H30O6/c1-17(18(2)27(29)21-10-12-23-25(14-21)33-16-32-23)26(28)20-9-11-22(24(13-20)30-3)31-15-19-7-5-4-6-8-19/h4-14,17-18,26-29H,15-16H2,1-3H3/t17-,18+,26-,27+/m0/s1. The number of methoxy groups -OCH3 is 1. The van der Waals surface area contributed by atoms with Gasteiger partial charge in [0.2, 0.25) is 6.79 Å². The molecule has 6 nitrogen and oxygen atoms in total. The molecule has 33 heavy (non-hydrogen) atoms. The Kier molecular flexibility index (Phi) is 7.06. The lowest BCUT2D eigenvalue weighted by Crippen LogP contribution is -2.23. The van der Waals surface area contributed by atoms with Crippen LogP contribution in [0.2, 0.25) is 0 Å². The van der Waals surface area contributed by atoms with E-state index in [1.54, 1.807) is 25.3 Å². The van der Waals surface area contributed by atoms with E-state index >= 15 is 0 Å². The summed E-state index contributed by atoms with van der Waals surface area (Å²) in [7, 11) is 1.58. The number of ether oxygens (including phenoxy) is 4. The lowest BCUT2D eigenvalue weighted by molar-refractivity contribution is 0.0210. The van der Waals surface area contributed by atoms with Crippen LogP contribution in [-0.4, -0.2) is 24.1 Å². The minimum absolute atomic E-state index is 0.187. The molecule has 1 aliphatic rings. The maximum absolute atomic E-state index is 11.1. The van der Waals surface area contributed by atoms with Crippen LogP contribution in [0.4, 0.5) is 0 Å². The number of hydrogen-bond donors (Lipinski definition) is 2. The van der Waals surface area contributed by atoms with Gasteiger partial charge in [0, 0.05) is 0 Å². The Morgan fingerprint density at radius 2 is 1.42 bits per heavy atom. The molecule has 0 aliphatic carbocycles. The van der Waals surface area contributed by atoms with Crippen LogP contribution in [0.1, 0.15) is 42.7 Å². The van der Waals surface area contributed by atoms with Crippen LogP contribution < -0.4 is 18.9 Å². The molecule has 0 saturated heterocycles. The Balaban J connectivity index is 1.45. The SMILES string of the molecule is COc1cc([C@@H](O)[C@@H](C)[C@@H](C)[C@@H](O)c2ccc3c(c2)OCO3)ccc1OCc1ccccc1. The Bertz CT molecular complexity index is 1070. The number of rotatable bonds is 9. The van der Waals surface area contributed by atoms with Crippen LogP contribution in [-0.2, 0) is 6.61 Å². The van der Waals surface area contributed by atoms with Gasteiger partial charge in [0.15, 0.2) is 23.0 Å². The number of fused-ring (bicyclic) bond motifs is 1. The average molecular weight is 451 g/mol. The van der Waals surface area contributed by atoms with Crippen molar-refractivity contribution in [2.45, 2.75) is 32.7 Å². The van der Waals surface area contributed by atoms with Crippen molar-refractivity contribution in [2.75, 3.05) is 13.9 Å². The summed E-state index contributed by atoms with van der Waals surface area (Å²) in [6.07, 6.45) is -1.56. The zero-order valence-electron chi connectivity index (χ0n) is 19.1. The highest BCUT2D eigenvalue weighted by Gasteiger charge is 2.30. The summed E-state index contributed by atoms with van der Waals surface area (Å²) in [6.45, 7) is 4.47. The second-order valence-corrected chi connectivity index (χ2v) is 8.41. The summed E-state index contributed by atoms with van der Waals surface area (Å²) < 4.78 is 22.2. The third kappa shape index (κ3) is 5.07. The van der Waals surface area contributed by atoms with Gasteiger partial charge in [0.05, 0.1) is 19.3 Å². The minimum atomic E-state index is -0.791. The molecule has 0 saturated carbocycles. The Morgan fingerprint density at radius 1 is 0.788 bits per heavy atom. The van der Waals surface area contributed by atoms with Gasteiger partial charge in [0.1, 0.15) is 6.61 Å². The van der Waals surface area contributed by atoms with E-state index in [9.17, 15) is 10.2 Å². The summed E-state index contributed by atoms with van der Waals surface area (Å²) in [4.78, 5) is 0. The van der Waals surface area contributed by atoms with E-state index in [4.69, 9.17) is 18.9 Å². The van der Waals surface area contributed by atoms with Crippen LogP contribution in [0.5, 0.6) is 23.0 Å². The van der Waals surface area contributed by atoms with Crippen molar-refractivity contribution in [1.82, 2.24) is 0 Å². The molecule has 1 heterocycles. The van der Waals surface area contributed by atoms with Gasteiger partial charge < -0.3 is 29.2 Å². The quantitative estimate of drug-likeness (QED) is 0.476. The maximum Gasteiger partial charge on any atom is 0.231 e. The molecule has 0 unspecified atom stereocenters. The van der Waals surface area contributed by atoms with Crippen LogP contribution in [0.3, 0.4) is 0 Å². The molecule has 0 amide bonds. The third-order valence-electron chi connectivity index (χ3n) is 6.33. The van der Waals surface area contributed by atoms with Gasteiger partial charge in [-0.3, -0.25) is 0 Å². The second-order valence-electron chi connectivity index (χ2n) is 8.41. The van der Waals surface area contributed by atoms with E-state index in [1.807, 2.05) is 62.4 Å². The molecule has 0 bridgehead atoms. The van der Waals surface area contributed by atoms with Crippen molar-refractivity contribution in [1.29, 1.82) is 0 Å². The van der Waals surface area contributed by atoms with Gasteiger partial charge in [-0.15, -0.1) is 0 Å². The highest BCUT2D eigenvalue weighted by atomic mass is 16.7. The average Bonchev–Trinajstić information content (AvgIpc) is 3.34. The third-order valence-corrected chi connectivity index (χ3v) is 6.33. The van der Waals surface area contributed by atoms with Crippen LogP contribution in [0, 0.1) is 11.8 Å². The fraction of sp³-hybridized carbons (Fsp3) is 0.333. The van der Waals surface area contributed by atoms with Crippen molar-refractivity contribution >= 4 is 0 Å². The molecule has 4 atom stereocenters. The molecule has 3 aromatic rings. The first-order chi connectivity index (χ1) is 16.0. The molecule has 2 N–H and O–H groups in total. The fourth-order valence-electron chi connectivity index (χ4n) is 4.00. The van der Waals surface area contributed by atoms with Gasteiger partial charge >= 0.3 is 0 Å². The second kappa shape index (κ2) is 10.1. The number of hydrogen-bond acceptors (Lipinski definition) is 6. The molecule has 3 aromatic carbocycles. The molecule has 1 aliphatic heterocycles. The topological polar surface area (TPSA) is 77.4 Å². The molecule has 174 valence electrons. The molecular weight excluding hydrogens is 420 g/mol. The molecule has 0 fully saturated rings. The maximum atomic E-state index is 11.1. The van der Waals surface area contributed by atoms with Crippen molar-refractivity contribution < 1.29 is 29.2 Å². The van der Waals surface area contributed by atoms with Gasteiger partial charge in [-0.05, 0) is 52.8 Å². The lowest BCUT2D eigenvalue weighted by Gasteiger charge is -2.29. The van der Waals surface area contributed by atoms with Crippen molar-refractivity contribution in [3.05, 3.63) is 83.4 Å². The minimum Gasteiger partial charge on any atom is -0.493 e. The number of benzene rings is 3. The molecule has 0 radical (unpaired) electrons. The summed E-state index contributed by atoms with van der Waals surface area (Å²) in [5.74, 6) is 2.01. The van der Waals surface area contributed by atoms with Gasteiger partial charge in [-0.25, -0.2) is 0 Å².